The van der Waals surface area contributed by atoms with Crippen molar-refractivity contribution in [1.29, 1.82) is 0 Å². The number of para-hydroxylation sites is 2. The van der Waals surface area contributed by atoms with E-state index in [9.17, 15) is 0 Å². The van der Waals surface area contributed by atoms with Gasteiger partial charge in [-0.1, -0.05) is 23.9 Å². The second-order valence-corrected chi connectivity index (χ2v) is 7.49. The van der Waals surface area contributed by atoms with Gasteiger partial charge < -0.3 is 19.2 Å². The van der Waals surface area contributed by atoms with Crippen LogP contribution >= 0.6 is 11.8 Å². The summed E-state index contributed by atoms with van der Waals surface area (Å²) in [5.41, 5.74) is 4.16. The molecule has 0 aliphatic carbocycles. The minimum Gasteiger partial charge on any atom is -0.496 e. The highest BCUT2D eigenvalue weighted by molar-refractivity contribution is 7.98. The lowest BCUT2D eigenvalue weighted by molar-refractivity contribution is -0.125. The fraction of sp³-hybridized carbons (Fsp3) is 0.400. The fourth-order valence-electron chi connectivity index (χ4n) is 2.68. The minimum absolute atomic E-state index is 0.306. The maximum atomic E-state index is 5.31. The zero-order valence-corrected chi connectivity index (χ0v) is 16.9. The molecule has 1 fully saturated rings. The number of aromatic amines is 1. The van der Waals surface area contributed by atoms with Crippen LogP contribution in [0.5, 0.6) is 5.75 Å². The molecule has 144 valence electrons. The van der Waals surface area contributed by atoms with Crippen LogP contribution in [-0.2, 0) is 15.2 Å². The molecule has 3 aromatic rings. The van der Waals surface area contributed by atoms with Gasteiger partial charge in [-0.25, -0.2) is 4.98 Å². The van der Waals surface area contributed by atoms with Crippen LogP contribution in [0.15, 0.2) is 41.7 Å². The second kappa shape index (κ2) is 8.73. The van der Waals surface area contributed by atoms with Gasteiger partial charge in [-0.2, -0.15) is 0 Å². The Bertz CT molecular complexity index is 854. The molecule has 0 amide bonds. The van der Waals surface area contributed by atoms with Crippen molar-refractivity contribution in [3.8, 4) is 5.75 Å². The van der Waals surface area contributed by atoms with Crippen LogP contribution in [0.25, 0.3) is 11.0 Å². The predicted molar refractivity (Wildman–Crippen MR) is 107 cm³/mol. The van der Waals surface area contributed by atoms with Gasteiger partial charge in [0.2, 0.25) is 0 Å². The number of H-pyrrole nitrogens is 1. The van der Waals surface area contributed by atoms with Gasteiger partial charge >= 0.3 is 0 Å². The molecular weight excluding hydrogens is 362 g/mol. The summed E-state index contributed by atoms with van der Waals surface area (Å²) in [5, 5.41) is 0.912. The fourth-order valence-corrected chi connectivity index (χ4v) is 3.59. The Morgan fingerprint density at radius 1 is 1.19 bits per heavy atom. The number of hydrogen-bond donors (Lipinski definition) is 1. The number of rotatable bonds is 4. The summed E-state index contributed by atoms with van der Waals surface area (Å²) < 4.78 is 15.5. The molecule has 0 unspecified atom stereocenters. The summed E-state index contributed by atoms with van der Waals surface area (Å²) in [4.78, 5) is 12.3. The highest BCUT2D eigenvalue weighted by atomic mass is 32.2. The van der Waals surface area contributed by atoms with Crippen LogP contribution in [0, 0.1) is 6.92 Å². The average Bonchev–Trinajstić information content (AvgIpc) is 3.26. The number of fused-ring (bicyclic) bond motifs is 1. The molecule has 7 heteroatoms. The van der Waals surface area contributed by atoms with Crippen molar-refractivity contribution in [1.82, 2.24) is 15.0 Å². The number of benzene rings is 1. The molecule has 6 nitrogen and oxygen atoms in total. The molecule has 1 aromatic carbocycles. The zero-order valence-electron chi connectivity index (χ0n) is 16.1. The monoisotopic (exact) mass is 387 g/mol. The van der Waals surface area contributed by atoms with Gasteiger partial charge in [0.15, 0.2) is 10.9 Å². The smallest absolute Gasteiger partial charge is 0.166 e. The van der Waals surface area contributed by atoms with E-state index in [1.807, 2.05) is 51.1 Å². The molecule has 1 aliphatic heterocycles. The summed E-state index contributed by atoms with van der Waals surface area (Å²) in [6.07, 6.45) is 1.78. The number of nitrogens with zero attached hydrogens (tertiary/aromatic N) is 2. The Morgan fingerprint density at radius 3 is 2.56 bits per heavy atom. The minimum atomic E-state index is -0.306. The van der Waals surface area contributed by atoms with E-state index in [1.54, 1.807) is 25.1 Å². The van der Waals surface area contributed by atoms with E-state index < -0.39 is 0 Å². The van der Waals surface area contributed by atoms with Crippen molar-refractivity contribution in [3.05, 3.63) is 47.8 Å². The van der Waals surface area contributed by atoms with E-state index in [2.05, 4.69) is 15.0 Å². The number of aromatic nitrogens is 3. The SMILES string of the molecule is CC1(C)OCCO1.COc1ccnc(CSc2nc3ccccc3[nH]2)c1C. The average molecular weight is 388 g/mol. The normalized spacial score (nSPS) is 15.4. The number of thioether (sulfide) groups is 1. The van der Waals surface area contributed by atoms with Crippen molar-refractivity contribution >= 4 is 22.8 Å². The molecule has 1 aliphatic rings. The molecule has 27 heavy (non-hydrogen) atoms. The van der Waals surface area contributed by atoms with Gasteiger partial charge in [0.25, 0.3) is 0 Å². The lowest BCUT2D eigenvalue weighted by Crippen LogP contribution is -2.18. The zero-order chi connectivity index (χ0) is 19.3. The topological polar surface area (TPSA) is 69.3 Å². The Hall–Kier alpha value is -2.09. The molecule has 3 heterocycles. The van der Waals surface area contributed by atoms with Crippen LogP contribution in [0.2, 0.25) is 0 Å². The summed E-state index contributed by atoms with van der Waals surface area (Å²) in [7, 11) is 1.68. The molecule has 0 radical (unpaired) electrons. The number of methoxy groups -OCH3 is 1. The number of nitrogens with one attached hydrogen (secondary N) is 1. The van der Waals surface area contributed by atoms with Crippen molar-refractivity contribution < 1.29 is 14.2 Å². The first kappa shape index (κ1) is 19.7. The Morgan fingerprint density at radius 2 is 1.93 bits per heavy atom. The van der Waals surface area contributed by atoms with Crippen LogP contribution in [0.4, 0.5) is 0 Å². The van der Waals surface area contributed by atoms with E-state index in [0.29, 0.717) is 0 Å². The van der Waals surface area contributed by atoms with Crippen molar-refractivity contribution in [2.24, 2.45) is 0 Å². The van der Waals surface area contributed by atoms with Gasteiger partial charge in [-0.3, -0.25) is 4.98 Å². The second-order valence-electron chi connectivity index (χ2n) is 6.53. The van der Waals surface area contributed by atoms with Gasteiger partial charge in [-0.05, 0) is 39.0 Å². The summed E-state index contributed by atoms with van der Waals surface area (Å²) in [6, 6.07) is 9.91. The predicted octanol–water partition coefficient (Wildman–Crippen LogP) is 4.34. The molecule has 0 saturated carbocycles. The highest BCUT2D eigenvalue weighted by Gasteiger charge is 2.23. The summed E-state index contributed by atoms with van der Waals surface area (Å²) in [6.45, 7) is 7.35. The largest absolute Gasteiger partial charge is 0.496 e. The lowest BCUT2D eigenvalue weighted by Gasteiger charge is -2.13. The third kappa shape index (κ3) is 5.22. The van der Waals surface area contributed by atoms with E-state index in [4.69, 9.17) is 14.2 Å². The first-order valence-corrected chi connectivity index (χ1v) is 9.81. The van der Waals surface area contributed by atoms with Crippen molar-refractivity contribution in [2.75, 3.05) is 20.3 Å². The molecule has 2 aromatic heterocycles. The van der Waals surface area contributed by atoms with E-state index in [0.717, 1.165) is 52.2 Å². The van der Waals surface area contributed by atoms with Gasteiger partial charge in [0.05, 0.1) is 37.1 Å². The van der Waals surface area contributed by atoms with Crippen molar-refractivity contribution in [3.63, 3.8) is 0 Å². The Balaban J connectivity index is 0.000000253. The summed E-state index contributed by atoms with van der Waals surface area (Å²) in [5.74, 6) is 1.34. The standard InChI is InChI=1S/C15H15N3OS.C5H10O2/c1-10-13(16-8-7-14(10)19-2)9-20-15-17-11-5-3-4-6-12(11)18-15;1-5(2)6-3-4-7-5/h3-8H,9H2,1-2H3,(H,17,18);3-4H2,1-2H3. The number of ether oxygens (including phenoxy) is 3. The maximum Gasteiger partial charge on any atom is 0.166 e. The Labute approximate surface area is 163 Å². The third-order valence-corrected chi connectivity index (χ3v) is 5.06. The van der Waals surface area contributed by atoms with Crippen LogP contribution in [0.3, 0.4) is 0 Å². The van der Waals surface area contributed by atoms with Gasteiger partial charge in [0, 0.05) is 17.5 Å². The van der Waals surface area contributed by atoms with Crippen LogP contribution in [0.1, 0.15) is 25.1 Å². The van der Waals surface area contributed by atoms with Crippen LogP contribution < -0.4 is 4.74 Å². The van der Waals surface area contributed by atoms with Gasteiger partial charge in [-0.15, -0.1) is 0 Å². The highest BCUT2D eigenvalue weighted by Crippen LogP contribution is 2.26. The van der Waals surface area contributed by atoms with Gasteiger partial charge in [0.1, 0.15) is 5.75 Å². The van der Waals surface area contributed by atoms with Crippen molar-refractivity contribution in [2.45, 2.75) is 37.5 Å². The number of imidazole rings is 1. The van der Waals surface area contributed by atoms with E-state index in [-0.39, 0.29) is 5.79 Å². The quantitative estimate of drug-likeness (QED) is 0.672. The lowest BCUT2D eigenvalue weighted by atomic mass is 10.2. The maximum absolute atomic E-state index is 5.31. The molecule has 0 spiro atoms. The first-order valence-electron chi connectivity index (χ1n) is 8.82. The molecule has 1 N–H and O–H groups in total. The van der Waals surface area contributed by atoms with E-state index >= 15 is 0 Å². The molecular formula is C20H25N3O3S. The molecule has 4 rings (SSSR count). The number of hydrogen-bond acceptors (Lipinski definition) is 6. The molecule has 0 atom stereocenters. The Kier molecular flexibility index (Phi) is 6.36. The number of pyridine rings is 1. The van der Waals surface area contributed by atoms with Crippen LogP contribution in [-0.4, -0.2) is 41.1 Å². The first-order chi connectivity index (χ1) is 13.0. The molecule has 0 bridgehead atoms. The third-order valence-electron chi connectivity index (χ3n) is 4.17. The van der Waals surface area contributed by atoms with E-state index in [1.165, 1.54) is 0 Å². The summed E-state index contributed by atoms with van der Waals surface area (Å²) >= 11 is 1.65. The molecule has 1 saturated heterocycles.